The van der Waals surface area contributed by atoms with Crippen LogP contribution in [0.1, 0.15) is 38.3 Å². The van der Waals surface area contributed by atoms with Crippen LogP contribution in [-0.4, -0.2) is 10.6 Å². The van der Waals surface area contributed by atoms with Crippen molar-refractivity contribution in [3.63, 3.8) is 0 Å². The van der Waals surface area contributed by atoms with E-state index in [9.17, 15) is 5.11 Å². The lowest BCUT2D eigenvalue weighted by atomic mass is 9.93. The van der Waals surface area contributed by atoms with Gasteiger partial charge in [-0.15, -0.1) is 0 Å². The highest BCUT2D eigenvalue weighted by molar-refractivity contribution is 7.55. The summed E-state index contributed by atoms with van der Waals surface area (Å²) in [7, 11) is 0.454. The zero-order chi connectivity index (χ0) is 19.3. The Bertz CT molecular complexity index is 833. The lowest BCUT2D eigenvalue weighted by Gasteiger charge is -2.22. The largest absolute Gasteiger partial charge is 0.507 e. The monoisotopic (exact) mass is 379 g/mol. The average Bonchev–Trinajstić information content (AvgIpc) is 2.64. The average molecular weight is 379 g/mol. The van der Waals surface area contributed by atoms with E-state index in [1.807, 2.05) is 6.07 Å². The van der Waals surface area contributed by atoms with Crippen LogP contribution in [0.25, 0.3) is 0 Å². The molecule has 1 aliphatic rings. The summed E-state index contributed by atoms with van der Waals surface area (Å²) >= 11 is 0. The highest BCUT2D eigenvalue weighted by atomic mass is 31.1. The predicted molar refractivity (Wildman–Crippen MR) is 119 cm³/mol. The fraction of sp³-hybridized carbons (Fsp3) is 0.333. The summed E-state index contributed by atoms with van der Waals surface area (Å²) in [5, 5.41) is 16.3. The number of hydrogen-bond donors (Lipinski definition) is 2. The molecule has 3 rings (SSSR count). The van der Waals surface area contributed by atoms with Gasteiger partial charge < -0.3 is 10.4 Å². The molecule has 0 radical (unpaired) electrons. The summed E-state index contributed by atoms with van der Waals surface area (Å²) < 4.78 is 0. The van der Waals surface area contributed by atoms with Crippen molar-refractivity contribution in [1.29, 1.82) is 0 Å². The summed E-state index contributed by atoms with van der Waals surface area (Å²) in [5.74, 6) is 0.953. The van der Waals surface area contributed by atoms with Crippen LogP contribution in [-0.2, 0) is 13.0 Å². The normalized spacial score (nSPS) is 17.1. The van der Waals surface area contributed by atoms with Crippen LogP contribution in [0.4, 0.5) is 0 Å². The number of rotatable bonds is 6. The molecule has 3 heteroatoms. The van der Waals surface area contributed by atoms with Crippen LogP contribution in [0.3, 0.4) is 0 Å². The highest BCUT2D eigenvalue weighted by Crippen LogP contribution is 2.24. The van der Waals surface area contributed by atoms with E-state index >= 15 is 0 Å². The van der Waals surface area contributed by atoms with Gasteiger partial charge in [-0.2, -0.15) is 0 Å². The standard InChI is InChI=1S/C24H30NOP/c1-24(2,3)25-17-20-11-7-8-12-22(20)27-23-16-19(13-14-21(23)26)15-18-9-5-4-6-10-18/h4-9,11-14,16,18,25-27H,10,15,17H2,1-3H3. The lowest BCUT2D eigenvalue weighted by molar-refractivity contribution is 0.425. The Hall–Kier alpha value is -1.89. The summed E-state index contributed by atoms with van der Waals surface area (Å²) in [6.45, 7) is 7.39. The van der Waals surface area contributed by atoms with E-state index in [1.54, 1.807) is 0 Å². The number of hydrogen-bond acceptors (Lipinski definition) is 2. The third kappa shape index (κ3) is 6.06. The molecule has 1 aliphatic carbocycles. The number of benzene rings is 2. The fourth-order valence-corrected chi connectivity index (χ4v) is 4.47. The molecule has 0 aromatic heterocycles. The molecule has 0 spiro atoms. The van der Waals surface area contributed by atoms with Crippen molar-refractivity contribution < 1.29 is 5.11 Å². The Balaban J connectivity index is 1.76. The van der Waals surface area contributed by atoms with E-state index in [4.69, 9.17) is 0 Å². The van der Waals surface area contributed by atoms with Gasteiger partial charge in [-0.25, -0.2) is 0 Å². The Morgan fingerprint density at radius 3 is 2.63 bits per heavy atom. The molecule has 2 nitrogen and oxygen atoms in total. The van der Waals surface area contributed by atoms with E-state index in [1.165, 1.54) is 16.4 Å². The van der Waals surface area contributed by atoms with Crippen molar-refractivity contribution in [2.24, 2.45) is 5.92 Å². The number of aromatic hydroxyl groups is 1. The van der Waals surface area contributed by atoms with Crippen LogP contribution >= 0.6 is 8.58 Å². The van der Waals surface area contributed by atoms with Crippen molar-refractivity contribution in [2.75, 3.05) is 0 Å². The minimum atomic E-state index is 0.0836. The molecule has 0 saturated heterocycles. The molecule has 0 bridgehead atoms. The molecule has 142 valence electrons. The Labute approximate surface area is 165 Å². The molecule has 27 heavy (non-hydrogen) atoms. The molecular weight excluding hydrogens is 349 g/mol. The summed E-state index contributed by atoms with van der Waals surface area (Å²) in [6, 6.07) is 14.6. The topological polar surface area (TPSA) is 32.3 Å². The first-order valence-corrected chi connectivity index (χ1v) is 10.7. The van der Waals surface area contributed by atoms with E-state index in [0.29, 0.717) is 20.2 Å². The second-order valence-corrected chi connectivity index (χ2v) is 9.58. The third-order valence-electron chi connectivity index (χ3n) is 4.72. The van der Waals surface area contributed by atoms with Crippen LogP contribution in [0.5, 0.6) is 5.75 Å². The molecule has 0 saturated carbocycles. The van der Waals surface area contributed by atoms with Crippen LogP contribution in [0.2, 0.25) is 0 Å². The molecule has 0 aliphatic heterocycles. The summed E-state index contributed by atoms with van der Waals surface area (Å²) in [6.07, 6.45) is 10.9. The summed E-state index contributed by atoms with van der Waals surface area (Å²) in [4.78, 5) is 0. The maximum atomic E-state index is 10.4. The first-order chi connectivity index (χ1) is 12.9. The van der Waals surface area contributed by atoms with Crippen molar-refractivity contribution in [3.05, 3.63) is 77.9 Å². The maximum Gasteiger partial charge on any atom is 0.123 e. The first kappa shape index (κ1) is 19.9. The zero-order valence-corrected chi connectivity index (χ0v) is 17.5. The van der Waals surface area contributed by atoms with Gasteiger partial charge in [-0.1, -0.05) is 63.2 Å². The molecule has 2 N–H and O–H groups in total. The van der Waals surface area contributed by atoms with Crippen LogP contribution in [0.15, 0.2) is 66.8 Å². The molecule has 0 amide bonds. The van der Waals surface area contributed by atoms with Gasteiger partial charge in [0.1, 0.15) is 5.75 Å². The third-order valence-corrected chi connectivity index (χ3v) is 6.15. The SMILES string of the molecule is CC(C)(C)NCc1ccccc1Pc1cc(CC2C=CC=CC2)ccc1O. The predicted octanol–water partition coefficient (Wildman–Crippen LogP) is 4.58. The minimum Gasteiger partial charge on any atom is -0.507 e. The van der Waals surface area contributed by atoms with Crippen molar-refractivity contribution in [1.82, 2.24) is 5.32 Å². The minimum absolute atomic E-state index is 0.0836. The number of phenolic OH excluding ortho intramolecular Hbond substituents is 1. The lowest BCUT2D eigenvalue weighted by Crippen LogP contribution is -2.36. The molecule has 2 aromatic carbocycles. The number of allylic oxidation sites excluding steroid dienone is 4. The molecule has 0 heterocycles. The first-order valence-electron chi connectivity index (χ1n) is 9.66. The van der Waals surface area contributed by atoms with Crippen LogP contribution in [0, 0.1) is 5.92 Å². The summed E-state index contributed by atoms with van der Waals surface area (Å²) in [5.41, 5.74) is 2.68. The van der Waals surface area contributed by atoms with E-state index < -0.39 is 0 Å². The number of phenols is 1. The smallest absolute Gasteiger partial charge is 0.123 e. The van der Waals surface area contributed by atoms with Gasteiger partial charge in [0.05, 0.1) is 0 Å². The van der Waals surface area contributed by atoms with Gasteiger partial charge in [0.25, 0.3) is 0 Å². The van der Waals surface area contributed by atoms with E-state index in [2.05, 4.69) is 86.8 Å². The molecular formula is C24H30NOP. The molecule has 2 unspecified atom stereocenters. The number of nitrogens with one attached hydrogen (secondary N) is 1. The van der Waals surface area contributed by atoms with Gasteiger partial charge in [-0.05, 0) is 68.1 Å². The van der Waals surface area contributed by atoms with Crippen molar-refractivity contribution in [2.45, 2.75) is 45.7 Å². The quantitative estimate of drug-likeness (QED) is 0.720. The maximum absolute atomic E-state index is 10.4. The van der Waals surface area contributed by atoms with Crippen LogP contribution < -0.4 is 15.9 Å². The second-order valence-electron chi connectivity index (χ2n) is 8.25. The fourth-order valence-electron chi connectivity index (χ4n) is 3.20. The van der Waals surface area contributed by atoms with Gasteiger partial charge in [0.2, 0.25) is 0 Å². The van der Waals surface area contributed by atoms with Gasteiger partial charge >= 0.3 is 0 Å². The van der Waals surface area contributed by atoms with Gasteiger partial charge in [0.15, 0.2) is 0 Å². The van der Waals surface area contributed by atoms with E-state index in [-0.39, 0.29) is 5.54 Å². The second kappa shape index (κ2) is 8.87. The van der Waals surface area contributed by atoms with Crippen molar-refractivity contribution in [3.8, 4) is 5.75 Å². The molecule has 0 fully saturated rings. The Morgan fingerprint density at radius 2 is 1.89 bits per heavy atom. The highest BCUT2D eigenvalue weighted by Gasteiger charge is 2.13. The molecule has 2 aromatic rings. The molecule has 2 atom stereocenters. The van der Waals surface area contributed by atoms with Gasteiger partial charge in [-0.3, -0.25) is 0 Å². The Morgan fingerprint density at radius 1 is 1.07 bits per heavy atom. The Kier molecular flexibility index (Phi) is 6.52. The zero-order valence-electron chi connectivity index (χ0n) is 16.5. The van der Waals surface area contributed by atoms with Gasteiger partial charge in [0, 0.05) is 17.4 Å². The van der Waals surface area contributed by atoms with E-state index in [0.717, 1.165) is 24.7 Å². The van der Waals surface area contributed by atoms with Crippen molar-refractivity contribution >= 4 is 19.2 Å².